The van der Waals surface area contributed by atoms with E-state index in [1.807, 2.05) is 73.7 Å². The molecule has 44 heavy (non-hydrogen) atoms. The number of carbonyl (C=O) groups is 1. The molecule has 0 aliphatic carbocycles. The van der Waals surface area contributed by atoms with E-state index < -0.39 is 12.0 Å². The second-order valence-corrected chi connectivity index (χ2v) is 11.4. The molecule has 2 heterocycles. The van der Waals surface area contributed by atoms with Gasteiger partial charge in [-0.3, -0.25) is 9.36 Å². The zero-order valence-electron chi connectivity index (χ0n) is 25.0. The number of carbonyl (C=O) groups excluding carboxylic acids is 1. The van der Waals surface area contributed by atoms with Crippen molar-refractivity contribution in [2.24, 2.45) is 4.99 Å². The normalized spacial score (nSPS) is 14.6. The molecule has 10 heteroatoms. The lowest BCUT2D eigenvalue weighted by atomic mass is 9.93. The van der Waals surface area contributed by atoms with Gasteiger partial charge in [-0.2, -0.15) is 0 Å². The lowest BCUT2D eigenvalue weighted by Gasteiger charge is -2.26. The Morgan fingerprint density at radius 2 is 1.75 bits per heavy atom. The van der Waals surface area contributed by atoms with Gasteiger partial charge in [0, 0.05) is 10.6 Å². The smallest absolute Gasteiger partial charge is 0.338 e. The van der Waals surface area contributed by atoms with Gasteiger partial charge in [-0.1, -0.05) is 72.7 Å². The Morgan fingerprint density at radius 1 is 1.00 bits per heavy atom. The number of fused-ring (bicyclic) bond motifs is 1. The van der Waals surface area contributed by atoms with E-state index in [4.69, 9.17) is 35.5 Å². The highest BCUT2D eigenvalue weighted by Gasteiger charge is 2.35. The molecule has 1 aromatic heterocycles. The minimum Gasteiger partial charge on any atom is -0.496 e. The molecule has 1 aliphatic rings. The molecule has 228 valence electrons. The van der Waals surface area contributed by atoms with Crippen molar-refractivity contribution in [1.82, 2.24) is 4.57 Å². The van der Waals surface area contributed by atoms with Crippen LogP contribution in [-0.2, 0) is 16.1 Å². The van der Waals surface area contributed by atoms with E-state index in [9.17, 15) is 9.59 Å². The quantitative estimate of drug-likeness (QED) is 0.193. The third-order valence-electron chi connectivity index (χ3n) is 7.12. The Labute approximate surface area is 264 Å². The summed E-state index contributed by atoms with van der Waals surface area (Å²) in [4.78, 5) is 32.8. The van der Waals surface area contributed by atoms with Crippen molar-refractivity contribution in [3.63, 3.8) is 0 Å². The maximum absolute atomic E-state index is 14.1. The summed E-state index contributed by atoms with van der Waals surface area (Å²) in [6, 6.07) is 19.6. The monoisotopic (exact) mass is 632 g/mol. The summed E-state index contributed by atoms with van der Waals surface area (Å²) in [6.07, 6.45) is 3.11. The van der Waals surface area contributed by atoms with Crippen LogP contribution in [0, 0.1) is 0 Å². The van der Waals surface area contributed by atoms with Crippen molar-refractivity contribution in [3.05, 3.63) is 119 Å². The second kappa shape index (κ2) is 14.0. The first-order valence-corrected chi connectivity index (χ1v) is 15.5. The molecule has 0 fully saturated rings. The molecule has 0 saturated carbocycles. The van der Waals surface area contributed by atoms with Crippen molar-refractivity contribution in [3.8, 4) is 17.2 Å². The summed E-state index contributed by atoms with van der Waals surface area (Å²) in [5.74, 6) is 1.16. The van der Waals surface area contributed by atoms with Gasteiger partial charge < -0.3 is 18.9 Å². The standard InChI is InChI=1S/C34H33ClN2O6S/c1-5-9-25-30(33(39)42-6-2)31(24-10-7-8-11-26(24)40-3)37-32(38)29(44-34(37)36-25)19-22-14-17-27(28(18-22)41-4)43-20-21-12-15-23(35)16-13-21/h7-8,10-19,31H,5-6,9,20H2,1-4H3/b29-19-. The largest absolute Gasteiger partial charge is 0.496 e. The summed E-state index contributed by atoms with van der Waals surface area (Å²) in [7, 11) is 3.14. The second-order valence-electron chi connectivity index (χ2n) is 9.98. The van der Waals surface area contributed by atoms with Gasteiger partial charge in [0.05, 0.1) is 36.6 Å². The molecule has 0 spiro atoms. The van der Waals surface area contributed by atoms with Crippen LogP contribution in [0.1, 0.15) is 49.4 Å². The predicted octanol–water partition coefficient (Wildman–Crippen LogP) is 5.83. The van der Waals surface area contributed by atoms with E-state index in [-0.39, 0.29) is 12.2 Å². The lowest BCUT2D eigenvalue weighted by Crippen LogP contribution is -2.40. The fraction of sp³-hybridized carbons (Fsp3) is 0.265. The Balaban J connectivity index is 1.59. The van der Waals surface area contributed by atoms with E-state index in [0.717, 1.165) is 17.5 Å². The summed E-state index contributed by atoms with van der Waals surface area (Å²) in [5.41, 5.74) is 3.08. The number of nitrogens with zero attached hydrogens (tertiary/aromatic N) is 2. The van der Waals surface area contributed by atoms with E-state index in [2.05, 4.69) is 0 Å². The molecule has 3 aromatic carbocycles. The molecular formula is C34H33ClN2O6S. The highest BCUT2D eigenvalue weighted by molar-refractivity contribution is 7.07. The first kappa shape index (κ1) is 31.1. The number of ether oxygens (including phenoxy) is 4. The van der Waals surface area contributed by atoms with Crippen LogP contribution in [0.5, 0.6) is 17.2 Å². The van der Waals surface area contributed by atoms with E-state index in [1.54, 1.807) is 31.8 Å². The summed E-state index contributed by atoms with van der Waals surface area (Å²) in [5, 5.41) is 0.661. The Kier molecular flexibility index (Phi) is 9.87. The highest BCUT2D eigenvalue weighted by atomic mass is 35.5. The van der Waals surface area contributed by atoms with Crippen LogP contribution in [0.25, 0.3) is 6.08 Å². The molecule has 4 aromatic rings. The van der Waals surface area contributed by atoms with Gasteiger partial charge in [-0.15, -0.1) is 0 Å². The molecule has 1 unspecified atom stereocenters. The maximum Gasteiger partial charge on any atom is 0.338 e. The number of aromatic nitrogens is 1. The van der Waals surface area contributed by atoms with Crippen molar-refractivity contribution < 1.29 is 23.7 Å². The zero-order chi connectivity index (χ0) is 31.2. The van der Waals surface area contributed by atoms with Crippen LogP contribution >= 0.6 is 22.9 Å². The number of hydrogen-bond acceptors (Lipinski definition) is 8. The fourth-order valence-corrected chi connectivity index (χ4v) is 6.24. The minimum absolute atomic E-state index is 0.200. The molecule has 0 radical (unpaired) electrons. The van der Waals surface area contributed by atoms with E-state index in [1.165, 1.54) is 11.3 Å². The van der Waals surface area contributed by atoms with Crippen molar-refractivity contribution in [1.29, 1.82) is 0 Å². The fourth-order valence-electron chi connectivity index (χ4n) is 5.09. The molecule has 0 bridgehead atoms. The molecule has 1 atom stereocenters. The Morgan fingerprint density at radius 3 is 2.45 bits per heavy atom. The van der Waals surface area contributed by atoms with Crippen molar-refractivity contribution in [2.75, 3.05) is 20.8 Å². The zero-order valence-corrected chi connectivity index (χ0v) is 26.5. The van der Waals surface area contributed by atoms with E-state index in [0.29, 0.717) is 61.5 Å². The molecule has 0 N–H and O–H groups in total. The van der Waals surface area contributed by atoms with Crippen molar-refractivity contribution in [2.45, 2.75) is 39.3 Å². The first-order valence-electron chi connectivity index (χ1n) is 14.3. The Bertz CT molecular complexity index is 1880. The maximum atomic E-state index is 14.1. The molecule has 0 saturated heterocycles. The van der Waals surface area contributed by atoms with Gasteiger partial charge in [-0.05, 0) is 60.9 Å². The lowest BCUT2D eigenvalue weighted by molar-refractivity contribution is -0.139. The molecular weight excluding hydrogens is 600 g/mol. The van der Waals surface area contributed by atoms with Crippen LogP contribution in [0.3, 0.4) is 0 Å². The Hall–Kier alpha value is -4.34. The van der Waals surface area contributed by atoms with Gasteiger partial charge in [-0.25, -0.2) is 9.79 Å². The van der Waals surface area contributed by atoms with Gasteiger partial charge in [0.1, 0.15) is 18.4 Å². The average molecular weight is 633 g/mol. The number of methoxy groups -OCH3 is 2. The SMILES string of the molecule is CCCC1=C(C(=O)OCC)C(c2ccccc2OC)n2c(s/c(=C\c3ccc(OCc4ccc(Cl)cc4)c(OC)c3)c2=O)=N1. The van der Waals surface area contributed by atoms with Gasteiger partial charge in [0.15, 0.2) is 16.3 Å². The third-order valence-corrected chi connectivity index (χ3v) is 8.35. The number of allylic oxidation sites excluding steroid dienone is 1. The topological polar surface area (TPSA) is 88.4 Å². The number of para-hydroxylation sites is 1. The van der Waals surface area contributed by atoms with E-state index >= 15 is 0 Å². The number of hydrogen-bond donors (Lipinski definition) is 0. The van der Waals surface area contributed by atoms with Crippen LogP contribution in [0.4, 0.5) is 0 Å². The molecule has 5 rings (SSSR count). The van der Waals surface area contributed by atoms with Crippen LogP contribution < -0.4 is 29.1 Å². The van der Waals surface area contributed by atoms with Crippen LogP contribution in [0.2, 0.25) is 5.02 Å². The van der Waals surface area contributed by atoms with Gasteiger partial charge in [0.2, 0.25) is 0 Å². The van der Waals surface area contributed by atoms with Crippen LogP contribution in [0.15, 0.2) is 87.8 Å². The van der Waals surface area contributed by atoms with Crippen LogP contribution in [-0.4, -0.2) is 31.4 Å². The highest BCUT2D eigenvalue weighted by Crippen LogP contribution is 2.37. The summed E-state index contributed by atoms with van der Waals surface area (Å²) >= 11 is 7.26. The minimum atomic E-state index is -0.761. The predicted molar refractivity (Wildman–Crippen MR) is 171 cm³/mol. The molecule has 0 amide bonds. The van der Waals surface area contributed by atoms with Gasteiger partial charge >= 0.3 is 5.97 Å². The number of rotatable bonds is 11. The number of benzene rings is 3. The molecule has 8 nitrogen and oxygen atoms in total. The number of halogens is 1. The summed E-state index contributed by atoms with van der Waals surface area (Å²) in [6.45, 7) is 4.33. The van der Waals surface area contributed by atoms with Crippen molar-refractivity contribution >= 4 is 35.0 Å². The molecule has 1 aliphatic heterocycles. The number of thiazole rings is 1. The van der Waals surface area contributed by atoms with Gasteiger partial charge in [0.25, 0.3) is 5.56 Å². The average Bonchev–Trinajstić information content (AvgIpc) is 3.34. The first-order chi connectivity index (χ1) is 21.4. The summed E-state index contributed by atoms with van der Waals surface area (Å²) < 4.78 is 24.8. The third kappa shape index (κ3) is 6.44. The number of esters is 1.